The topological polar surface area (TPSA) is 42.7 Å². The lowest BCUT2D eigenvalue weighted by atomic mass is 9.99. The zero-order valence-corrected chi connectivity index (χ0v) is 11.1. The Morgan fingerprint density at radius 1 is 1.12 bits per heavy atom. The Balaban J connectivity index is 2.18. The summed E-state index contributed by atoms with van der Waals surface area (Å²) in [5.74, 6) is 2.76. The van der Waals surface area contributed by atoms with E-state index in [0.717, 1.165) is 19.0 Å². The molecular weight excluding hydrogens is 212 g/mol. The molecule has 0 atom stereocenters. The van der Waals surface area contributed by atoms with Crippen LogP contribution in [0.2, 0.25) is 0 Å². The van der Waals surface area contributed by atoms with Gasteiger partial charge in [-0.1, -0.05) is 25.7 Å². The van der Waals surface area contributed by atoms with Gasteiger partial charge in [0.1, 0.15) is 5.82 Å². The molecule has 1 aromatic rings. The predicted molar refractivity (Wildman–Crippen MR) is 70.3 cm³/mol. The molecule has 96 valence electrons. The van der Waals surface area contributed by atoms with E-state index in [1.807, 2.05) is 0 Å². The van der Waals surface area contributed by atoms with Crippen molar-refractivity contribution in [1.82, 2.24) is 14.8 Å². The van der Waals surface area contributed by atoms with Crippen molar-refractivity contribution < 1.29 is 0 Å². The number of hydrogen-bond acceptors (Lipinski definition) is 3. The molecule has 0 aliphatic heterocycles. The van der Waals surface area contributed by atoms with E-state index in [2.05, 4.69) is 33.9 Å². The molecule has 4 nitrogen and oxygen atoms in total. The van der Waals surface area contributed by atoms with Gasteiger partial charge in [-0.15, -0.1) is 10.2 Å². The fourth-order valence-corrected chi connectivity index (χ4v) is 2.76. The Morgan fingerprint density at radius 2 is 1.82 bits per heavy atom. The van der Waals surface area contributed by atoms with Gasteiger partial charge >= 0.3 is 0 Å². The van der Waals surface area contributed by atoms with Crippen LogP contribution in [0.15, 0.2) is 0 Å². The first-order chi connectivity index (χ1) is 8.36. The van der Waals surface area contributed by atoms with E-state index in [9.17, 15) is 0 Å². The van der Waals surface area contributed by atoms with Crippen molar-refractivity contribution in [2.75, 3.05) is 11.9 Å². The van der Waals surface area contributed by atoms with Crippen LogP contribution < -0.4 is 5.32 Å². The highest BCUT2D eigenvalue weighted by Gasteiger charge is 2.21. The minimum absolute atomic E-state index is 0.623. The minimum Gasteiger partial charge on any atom is -0.355 e. The predicted octanol–water partition coefficient (Wildman–Crippen LogP) is 3.17. The van der Waals surface area contributed by atoms with Crippen molar-refractivity contribution in [3.05, 3.63) is 5.82 Å². The Morgan fingerprint density at radius 3 is 2.41 bits per heavy atom. The maximum absolute atomic E-state index is 4.42. The molecule has 1 aliphatic carbocycles. The van der Waals surface area contributed by atoms with Crippen molar-refractivity contribution in [3.8, 4) is 0 Å². The third kappa shape index (κ3) is 2.79. The van der Waals surface area contributed by atoms with Crippen molar-refractivity contribution in [2.24, 2.45) is 0 Å². The van der Waals surface area contributed by atoms with Gasteiger partial charge in [-0.2, -0.15) is 0 Å². The minimum atomic E-state index is 0.623. The first kappa shape index (κ1) is 12.4. The number of nitrogens with one attached hydrogen (secondary N) is 1. The summed E-state index contributed by atoms with van der Waals surface area (Å²) in [4.78, 5) is 0. The van der Waals surface area contributed by atoms with E-state index >= 15 is 0 Å². The quantitative estimate of drug-likeness (QED) is 0.816. The second-order valence-electron chi connectivity index (χ2n) is 4.84. The van der Waals surface area contributed by atoms with Gasteiger partial charge in [-0.25, -0.2) is 0 Å². The van der Waals surface area contributed by atoms with Crippen molar-refractivity contribution in [1.29, 1.82) is 0 Å². The number of nitrogens with zero attached hydrogens (tertiary/aromatic N) is 3. The van der Waals surface area contributed by atoms with E-state index < -0.39 is 0 Å². The van der Waals surface area contributed by atoms with Gasteiger partial charge in [0, 0.05) is 19.0 Å². The van der Waals surface area contributed by atoms with Gasteiger partial charge in [0.25, 0.3) is 0 Å². The van der Waals surface area contributed by atoms with Crippen LogP contribution >= 0.6 is 0 Å². The maximum Gasteiger partial charge on any atom is 0.224 e. The van der Waals surface area contributed by atoms with Crippen LogP contribution in [-0.2, 0) is 6.54 Å². The number of hydrogen-bond donors (Lipinski definition) is 1. The summed E-state index contributed by atoms with van der Waals surface area (Å²) in [6.45, 7) is 6.13. The SMILES string of the molecule is CCNc1nnc(C2CCCCCC2)n1CC. The normalized spacial score (nSPS) is 18.0. The summed E-state index contributed by atoms with van der Waals surface area (Å²) in [6.07, 6.45) is 8.03. The molecule has 0 bridgehead atoms. The second-order valence-corrected chi connectivity index (χ2v) is 4.84. The van der Waals surface area contributed by atoms with E-state index in [4.69, 9.17) is 0 Å². The molecule has 1 N–H and O–H groups in total. The van der Waals surface area contributed by atoms with Crippen LogP contribution in [-0.4, -0.2) is 21.3 Å². The summed E-state index contributed by atoms with van der Waals surface area (Å²) in [5.41, 5.74) is 0. The molecule has 0 amide bonds. The third-order valence-corrected chi connectivity index (χ3v) is 3.65. The Bertz CT molecular complexity index is 337. The van der Waals surface area contributed by atoms with Crippen LogP contribution in [0.1, 0.15) is 64.1 Å². The smallest absolute Gasteiger partial charge is 0.224 e. The molecule has 1 aliphatic rings. The molecule has 0 unspecified atom stereocenters. The molecule has 0 radical (unpaired) electrons. The summed E-state index contributed by atoms with van der Waals surface area (Å²) < 4.78 is 2.25. The van der Waals surface area contributed by atoms with Gasteiger partial charge in [0.15, 0.2) is 0 Å². The molecule has 1 heterocycles. The van der Waals surface area contributed by atoms with Crippen LogP contribution in [0.4, 0.5) is 5.95 Å². The fraction of sp³-hybridized carbons (Fsp3) is 0.846. The van der Waals surface area contributed by atoms with E-state index in [-0.39, 0.29) is 0 Å². The second kappa shape index (κ2) is 6.03. The van der Waals surface area contributed by atoms with E-state index in [0.29, 0.717) is 5.92 Å². The van der Waals surface area contributed by atoms with Gasteiger partial charge in [-0.3, -0.25) is 4.57 Å². The van der Waals surface area contributed by atoms with Crippen molar-refractivity contribution in [2.45, 2.75) is 64.8 Å². The molecular formula is C13H24N4. The van der Waals surface area contributed by atoms with E-state index in [1.54, 1.807) is 0 Å². The molecule has 0 saturated heterocycles. The Labute approximate surface area is 104 Å². The molecule has 17 heavy (non-hydrogen) atoms. The largest absolute Gasteiger partial charge is 0.355 e. The number of anilines is 1. The standard InChI is InChI=1S/C13H24N4/c1-3-14-13-16-15-12(17(13)4-2)11-9-7-5-6-8-10-11/h11H,3-10H2,1-2H3,(H,14,16). The zero-order valence-electron chi connectivity index (χ0n) is 11.1. The summed E-state index contributed by atoms with van der Waals surface area (Å²) in [5, 5.41) is 12.0. The maximum atomic E-state index is 4.42. The summed E-state index contributed by atoms with van der Waals surface area (Å²) in [6, 6.07) is 0. The lowest BCUT2D eigenvalue weighted by Crippen LogP contribution is -2.11. The van der Waals surface area contributed by atoms with Gasteiger partial charge < -0.3 is 5.32 Å². The Kier molecular flexibility index (Phi) is 4.40. The highest BCUT2D eigenvalue weighted by molar-refractivity contribution is 5.26. The Hall–Kier alpha value is -1.06. The average Bonchev–Trinajstić information content (AvgIpc) is 2.57. The van der Waals surface area contributed by atoms with Crippen molar-refractivity contribution in [3.63, 3.8) is 0 Å². The molecule has 0 spiro atoms. The van der Waals surface area contributed by atoms with Gasteiger partial charge in [-0.05, 0) is 26.7 Å². The molecule has 1 aromatic heterocycles. The van der Waals surface area contributed by atoms with Gasteiger partial charge in [0.05, 0.1) is 0 Å². The number of rotatable bonds is 4. The molecule has 2 rings (SSSR count). The summed E-state index contributed by atoms with van der Waals surface area (Å²) in [7, 11) is 0. The van der Waals surface area contributed by atoms with Crippen LogP contribution in [0.3, 0.4) is 0 Å². The monoisotopic (exact) mass is 236 g/mol. The third-order valence-electron chi connectivity index (χ3n) is 3.65. The number of aromatic nitrogens is 3. The van der Waals surface area contributed by atoms with Crippen LogP contribution in [0.5, 0.6) is 0 Å². The summed E-state index contributed by atoms with van der Waals surface area (Å²) >= 11 is 0. The highest BCUT2D eigenvalue weighted by Crippen LogP contribution is 2.31. The molecule has 4 heteroatoms. The van der Waals surface area contributed by atoms with E-state index in [1.165, 1.54) is 44.3 Å². The van der Waals surface area contributed by atoms with Crippen LogP contribution in [0.25, 0.3) is 0 Å². The van der Waals surface area contributed by atoms with Crippen molar-refractivity contribution >= 4 is 5.95 Å². The molecule has 1 fully saturated rings. The lowest BCUT2D eigenvalue weighted by molar-refractivity contribution is 0.528. The first-order valence-corrected chi connectivity index (χ1v) is 7.03. The molecule has 0 aromatic carbocycles. The molecule has 1 saturated carbocycles. The fourth-order valence-electron chi connectivity index (χ4n) is 2.76. The average molecular weight is 236 g/mol. The lowest BCUT2D eigenvalue weighted by Gasteiger charge is -2.15. The van der Waals surface area contributed by atoms with Gasteiger partial charge in [0.2, 0.25) is 5.95 Å². The van der Waals surface area contributed by atoms with Crippen LogP contribution in [0, 0.1) is 0 Å². The first-order valence-electron chi connectivity index (χ1n) is 7.03. The highest BCUT2D eigenvalue weighted by atomic mass is 15.3. The zero-order chi connectivity index (χ0) is 12.1.